The van der Waals surface area contributed by atoms with E-state index in [0.717, 1.165) is 35.6 Å². The van der Waals surface area contributed by atoms with Gasteiger partial charge in [0, 0.05) is 25.2 Å². The Labute approximate surface area is 147 Å². The molecular formula is C17H23ClN6. The van der Waals surface area contributed by atoms with Gasteiger partial charge in [0.2, 0.25) is 0 Å². The molecule has 0 aliphatic rings. The van der Waals surface area contributed by atoms with Gasteiger partial charge in [-0.25, -0.2) is 4.99 Å². The molecule has 0 aliphatic carbocycles. The Hall–Kier alpha value is -2.34. The minimum Gasteiger partial charge on any atom is -0.356 e. The van der Waals surface area contributed by atoms with Crippen LogP contribution in [0.2, 0.25) is 5.02 Å². The Balaban J connectivity index is 1.93. The fourth-order valence-corrected chi connectivity index (χ4v) is 2.31. The monoisotopic (exact) mass is 346 g/mol. The minimum absolute atomic E-state index is 0.459. The van der Waals surface area contributed by atoms with E-state index in [-0.39, 0.29) is 0 Å². The van der Waals surface area contributed by atoms with Gasteiger partial charge in [0.15, 0.2) is 11.8 Å². The van der Waals surface area contributed by atoms with E-state index in [1.54, 1.807) is 6.08 Å². The van der Waals surface area contributed by atoms with Crippen LogP contribution in [0.3, 0.4) is 0 Å². The molecule has 128 valence electrons. The van der Waals surface area contributed by atoms with E-state index in [0.29, 0.717) is 13.1 Å². The van der Waals surface area contributed by atoms with Crippen molar-refractivity contribution < 1.29 is 0 Å². The third-order valence-corrected chi connectivity index (χ3v) is 3.81. The minimum atomic E-state index is 0.459. The summed E-state index contributed by atoms with van der Waals surface area (Å²) in [6.45, 7) is 7.49. The smallest absolute Gasteiger partial charge is 0.191 e. The van der Waals surface area contributed by atoms with Crippen molar-refractivity contribution in [2.75, 3.05) is 13.1 Å². The van der Waals surface area contributed by atoms with Gasteiger partial charge in [-0.3, -0.25) is 0 Å². The number of halogens is 1. The summed E-state index contributed by atoms with van der Waals surface area (Å²) in [4.78, 5) is 4.55. The Morgan fingerprint density at radius 1 is 1.38 bits per heavy atom. The maximum absolute atomic E-state index is 6.01. The summed E-state index contributed by atoms with van der Waals surface area (Å²) < 4.78 is 1.93. The molecule has 0 unspecified atom stereocenters. The van der Waals surface area contributed by atoms with Gasteiger partial charge in [-0.15, -0.1) is 16.8 Å². The molecule has 0 spiro atoms. The van der Waals surface area contributed by atoms with Gasteiger partial charge >= 0.3 is 0 Å². The van der Waals surface area contributed by atoms with Crippen LogP contribution >= 0.6 is 11.6 Å². The highest BCUT2D eigenvalue weighted by atomic mass is 35.5. The van der Waals surface area contributed by atoms with Gasteiger partial charge in [0.25, 0.3) is 0 Å². The predicted molar refractivity (Wildman–Crippen MR) is 98.2 cm³/mol. The van der Waals surface area contributed by atoms with Gasteiger partial charge in [0.1, 0.15) is 12.4 Å². The number of guanidine groups is 1. The lowest BCUT2D eigenvalue weighted by molar-refractivity contribution is 0.757. The summed E-state index contributed by atoms with van der Waals surface area (Å²) in [6.07, 6.45) is 2.65. The molecule has 2 aromatic rings. The van der Waals surface area contributed by atoms with Crippen molar-refractivity contribution in [3.63, 3.8) is 0 Å². The molecule has 1 aromatic carbocycles. The van der Waals surface area contributed by atoms with Crippen molar-refractivity contribution in [3.8, 4) is 0 Å². The van der Waals surface area contributed by atoms with Crippen LogP contribution < -0.4 is 10.6 Å². The number of aromatic nitrogens is 3. The van der Waals surface area contributed by atoms with Gasteiger partial charge in [0.05, 0.1) is 0 Å². The van der Waals surface area contributed by atoms with Gasteiger partial charge < -0.3 is 15.2 Å². The lowest BCUT2D eigenvalue weighted by Crippen LogP contribution is -2.38. The lowest BCUT2D eigenvalue weighted by atomic mass is 10.1. The van der Waals surface area contributed by atoms with Crippen molar-refractivity contribution in [1.82, 2.24) is 25.4 Å². The van der Waals surface area contributed by atoms with Crippen molar-refractivity contribution >= 4 is 17.6 Å². The number of aliphatic imine (C=N–C) groups is 1. The third-order valence-electron chi connectivity index (χ3n) is 3.57. The number of nitrogens with one attached hydrogen (secondary N) is 2. The first-order valence-electron chi connectivity index (χ1n) is 7.82. The van der Waals surface area contributed by atoms with Crippen molar-refractivity contribution in [3.05, 3.63) is 59.2 Å². The normalized spacial score (nSPS) is 11.4. The fraction of sp³-hybridized carbons (Fsp3) is 0.353. The zero-order chi connectivity index (χ0) is 17.4. The molecule has 24 heavy (non-hydrogen) atoms. The van der Waals surface area contributed by atoms with Crippen molar-refractivity contribution in [2.24, 2.45) is 12.0 Å². The Morgan fingerprint density at radius 2 is 2.21 bits per heavy atom. The standard InChI is InChI=1S/C17H23ClN6/c1-4-9-19-17(21-12-16-23-22-13(2)24(16)3)20-10-8-14-6-5-7-15(18)11-14/h4-7,11H,1,8-10,12H2,2-3H3,(H2,19,20,21). The lowest BCUT2D eigenvalue weighted by Gasteiger charge is -2.11. The molecule has 6 nitrogen and oxygen atoms in total. The van der Waals surface area contributed by atoms with Crippen molar-refractivity contribution in [1.29, 1.82) is 0 Å². The summed E-state index contributed by atoms with van der Waals surface area (Å²) in [7, 11) is 1.93. The van der Waals surface area contributed by atoms with E-state index < -0.39 is 0 Å². The van der Waals surface area contributed by atoms with E-state index in [9.17, 15) is 0 Å². The number of hydrogen-bond donors (Lipinski definition) is 2. The predicted octanol–water partition coefficient (Wildman–Crippen LogP) is 2.24. The quantitative estimate of drug-likeness (QED) is 0.458. The molecular weight excluding hydrogens is 324 g/mol. The first kappa shape index (κ1) is 18.0. The second-order valence-electron chi connectivity index (χ2n) is 5.36. The highest BCUT2D eigenvalue weighted by Gasteiger charge is 2.05. The third kappa shape index (κ3) is 5.38. The number of benzene rings is 1. The molecule has 1 heterocycles. The van der Waals surface area contributed by atoms with Crippen LogP contribution in [-0.4, -0.2) is 33.8 Å². The molecule has 7 heteroatoms. The SMILES string of the molecule is C=CCNC(=NCc1nnc(C)n1C)NCCc1cccc(Cl)c1. The largest absolute Gasteiger partial charge is 0.356 e. The molecule has 0 saturated heterocycles. The van der Waals surface area contributed by atoms with Crippen LogP contribution in [0.4, 0.5) is 0 Å². The molecule has 2 N–H and O–H groups in total. The van der Waals surface area contributed by atoms with E-state index >= 15 is 0 Å². The molecule has 0 saturated carbocycles. The first-order valence-corrected chi connectivity index (χ1v) is 8.20. The number of rotatable bonds is 7. The van der Waals surface area contributed by atoms with Gasteiger partial charge in [-0.05, 0) is 31.0 Å². The summed E-state index contributed by atoms with van der Waals surface area (Å²) >= 11 is 6.01. The fourth-order valence-electron chi connectivity index (χ4n) is 2.10. The zero-order valence-electron chi connectivity index (χ0n) is 14.1. The molecule has 2 rings (SSSR count). The van der Waals surface area contributed by atoms with E-state index in [1.165, 1.54) is 5.56 Å². The van der Waals surface area contributed by atoms with Crippen LogP contribution in [0, 0.1) is 6.92 Å². The van der Waals surface area contributed by atoms with Crippen LogP contribution in [0.25, 0.3) is 0 Å². The van der Waals surface area contributed by atoms with Gasteiger partial charge in [-0.2, -0.15) is 0 Å². The summed E-state index contributed by atoms with van der Waals surface area (Å²) in [6, 6.07) is 7.86. The average molecular weight is 347 g/mol. The van der Waals surface area contributed by atoms with E-state index in [4.69, 9.17) is 11.6 Å². The Kier molecular flexibility index (Phi) is 6.81. The van der Waals surface area contributed by atoms with Crippen LogP contribution in [0.15, 0.2) is 41.9 Å². The topological polar surface area (TPSA) is 67.1 Å². The van der Waals surface area contributed by atoms with E-state index in [1.807, 2.05) is 36.7 Å². The molecule has 0 radical (unpaired) electrons. The highest BCUT2D eigenvalue weighted by Crippen LogP contribution is 2.10. The molecule has 0 atom stereocenters. The maximum atomic E-state index is 6.01. The highest BCUT2D eigenvalue weighted by molar-refractivity contribution is 6.30. The second-order valence-corrected chi connectivity index (χ2v) is 5.80. The molecule has 0 amide bonds. The zero-order valence-corrected chi connectivity index (χ0v) is 14.8. The molecule has 0 bridgehead atoms. The molecule has 1 aromatic heterocycles. The molecule has 0 fully saturated rings. The first-order chi connectivity index (χ1) is 11.6. The summed E-state index contributed by atoms with van der Waals surface area (Å²) in [5.41, 5.74) is 1.18. The number of nitrogens with zero attached hydrogens (tertiary/aromatic N) is 4. The number of aryl methyl sites for hydroxylation is 1. The maximum Gasteiger partial charge on any atom is 0.191 e. The van der Waals surface area contributed by atoms with Gasteiger partial charge in [-0.1, -0.05) is 29.8 Å². The molecule has 0 aliphatic heterocycles. The summed E-state index contributed by atoms with van der Waals surface area (Å²) in [5.74, 6) is 2.41. The summed E-state index contributed by atoms with van der Waals surface area (Å²) in [5, 5.41) is 15.4. The number of hydrogen-bond acceptors (Lipinski definition) is 3. The van der Waals surface area contributed by atoms with E-state index in [2.05, 4.69) is 38.5 Å². The van der Waals surface area contributed by atoms with Crippen LogP contribution in [0.5, 0.6) is 0 Å². The second kappa shape index (κ2) is 9.08. The van der Waals surface area contributed by atoms with Crippen molar-refractivity contribution in [2.45, 2.75) is 19.9 Å². The average Bonchev–Trinajstić information content (AvgIpc) is 2.89. The Bertz CT molecular complexity index is 707. The Morgan fingerprint density at radius 3 is 2.88 bits per heavy atom. The van der Waals surface area contributed by atoms with Crippen LogP contribution in [0.1, 0.15) is 17.2 Å². The van der Waals surface area contributed by atoms with Crippen LogP contribution in [-0.2, 0) is 20.0 Å².